The van der Waals surface area contributed by atoms with Gasteiger partial charge in [-0.05, 0) is 31.3 Å². The van der Waals surface area contributed by atoms with Gasteiger partial charge in [0.15, 0.2) is 0 Å². The van der Waals surface area contributed by atoms with Gasteiger partial charge in [-0.15, -0.1) is 0 Å². The topological polar surface area (TPSA) is 68.3 Å². The molecule has 0 amide bonds. The number of nitro groups is 1. The van der Waals surface area contributed by atoms with Crippen molar-refractivity contribution in [1.29, 1.82) is 0 Å². The van der Waals surface area contributed by atoms with E-state index in [-0.39, 0.29) is 5.69 Å². The maximum Gasteiger partial charge on any atom is 0.269 e. The molecule has 0 aliphatic carbocycles. The highest BCUT2D eigenvalue weighted by atomic mass is 16.6. The molecular formula is C12H12N2O3. The second kappa shape index (κ2) is 4.80. The number of nitrogens with zero attached hydrogens (tertiary/aromatic N) is 1. The van der Waals surface area contributed by atoms with Crippen molar-refractivity contribution in [1.82, 2.24) is 5.32 Å². The second-order valence-electron chi connectivity index (χ2n) is 3.60. The lowest BCUT2D eigenvalue weighted by molar-refractivity contribution is -0.384. The van der Waals surface area contributed by atoms with Gasteiger partial charge < -0.3 is 9.73 Å². The summed E-state index contributed by atoms with van der Waals surface area (Å²) in [7, 11) is 1.84. The summed E-state index contributed by atoms with van der Waals surface area (Å²) in [6, 6.07) is 10.0. The zero-order valence-electron chi connectivity index (χ0n) is 9.34. The van der Waals surface area contributed by atoms with Crippen LogP contribution in [0, 0.1) is 10.1 Å². The fraction of sp³-hybridized carbons (Fsp3) is 0.167. The summed E-state index contributed by atoms with van der Waals surface area (Å²) in [4.78, 5) is 10.1. The van der Waals surface area contributed by atoms with Crippen LogP contribution in [0.3, 0.4) is 0 Å². The molecule has 0 atom stereocenters. The molecule has 5 nitrogen and oxygen atoms in total. The lowest BCUT2D eigenvalue weighted by Crippen LogP contribution is -2.03. The largest absolute Gasteiger partial charge is 0.460 e. The van der Waals surface area contributed by atoms with Gasteiger partial charge in [-0.1, -0.05) is 0 Å². The minimum Gasteiger partial charge on any atom is -0.460 e. The Balaban J connectivity index is 2.23. The molecule has 5 heteroatoms. The van der Waals surface area contributed by atoms with E-state index in [4.69, 9.17) is 4.42 Å². The highest BCUT2D eigenvalue weighted by Gasteiger charge is 2.07. The van der Waals surface area contributed by atoms with Crippen LogP contribution < -0.4 is 5.32 Å². The van der Waals surface area contributed by atoms with Gasteiger partial charge in [0, 0.05) is 17.7 Å². The fourth-order valence-electron chi connectivity index (χ4n) is 1.55. The van der Waals surface area contributed by atoms with Crippen molar-refractivity contribution >= 4 is 5.69 Å². The van der Waals surface area contributed by atoms with E-state index in [2.05, 4.69) is 5.32 Å². The number of hydrogen-bond donors (Lipinski definition) is 1. The molecule has 1 aromatic heterocycles. The molecule has 0 saturated carbocycles. The normalized spacial score (nSPS) is 10.4. The monoisotopic (exact) mass is 232 g/mol. The molecule has 2 rings (SSSR count). The van der Waals surface area contributed by atoms with Gasteiger partial charge in [-0.25, -0.2) is 0 Å². The number of nitro benzene ring substituents is 1. The summed E-state index contributed by atoms with van der Waals surface area (Å²) in [5.74, 6) is 1.55. The van der Waals surface area contributed by atoms with Crippen molar-refractivity contribution in [2.45, 2.75) is 6.54 Å². The zero-order chi connectivity index (χ0) is 12.3. The Morgan fingerprint density at radius 1 is 1.24 bits per heavy atom. The number of non-ortho nitro benzene ring substituents is 1. The minimum absolute atomic E-state index is 0.0794. The molecule has 0 spiro atoms. The van der Waals surface area contributed by atoms with Crippen LogP contribution in [0.4, 0.5) is 5.69 Å². The molecule has 0 aliphatic heterocycles. The Hall–Kier alpha value is -2.14. The van der Waals surface area contributed by atoms with E-state index in [1.807, 2.05) is 19.2 Å². The molecule has 0 saturated heterocycles. The summed E-state index contributed by atoms with van der Waals surface area (Å²) in [5.41, 5.74) is 0.911. The van der Waals surface area contributed by atoms with E-state index in [9.17, 15) is 10.1 Å². The molecule has 0 unspecified atom stereocenters. The molecule has 2 aromatic rings. The molecule has 0 bridgehead atoms. The van der Waals surface area contributed by atoms with Gasteiger partial charge in [-0.2, -0.15) is 0 Å². The van der Waals surface area contributed by atoms with Crippen molar-refractivity contribution in [3.05, 3.63) is 52.3 Å². The van der Waals surface area contributed by atoms with E-state index in [1.165, 1.54) is 12.1 Å². The number of nitrogens with one attached hydrogen (secondary N) is 1. The quantitative estimate of drug-likeness (QED) is 0.649. The lowest BCUT2D eigenvalue weighted by atomic mass is 10.1. The summed E-state index contributed by atoms with van der Waals surface area (Å²) < 4.78 is 5.58. The van der Waals surface area contributed by atoms with Crippen molar-refractivity contribution < 1.29 is 9.34 Å². The van der Waals surface area contributed by atoms with E-state index < -0.39 is 4.92 Å². The minimum atomic E-state index is -0.418. The summed E-state index contributed by atoms with van der Waals surface area (Å²) in [6.07, 6.45) is 0. The van der Waals surface area contributed by atoms with Crippen molar-refractivity contribution in [2.24, 2.45) is 0 Å². The molecular weight excluding hydrogens is 220 g/mol. The molecule has 0 fully saturated rings. The predicted octanol–water partition coefficient (Wildman–Crippen LogP) is 2.57. The maximum absolute atomic E-state index is 10.5. The van der Waals surface area contributed by atoms with E-state index in [0.717, 1.165) is 11.3 Å². The number of rotatable bonds is 4. The van der Waals surface area contributed by atoms with Gasteiger partial charge >= 0.3 is 0 Å². The maximum atomic E-state index is 10.5. The first-order chi connectivity index (χ1) is 8.20. The first kappa shape index (κ1) is 11.3. The molecule has 1 heterocycles. The van der Waals surface area contributed by atoms with Gasteiger partial charge in [0.1, 0.15) is 11.5 Å². The molecule has 0 aliphatic rings. The van der Waals surface area contributed by atoms with Gasteiger partial charge in [0.2, 0.25) is 0 Å². The average molecular weight is 232 g/mol. The van der Waals surface area contributed by atoms with Crippen LogP contribution in [0.1, 0.15) is 5.76 Å². The van der Waals surface area contributed by atoms with Crippen molar-refractivity contribution in [2.75, 3.05) is 7.05 Å². The van der Waals surface area contributed by atoms with Gasteiger partial charge in [0.05, 0.1) is 11.5 Å². The highest BCUT2D eigenvalue weighted by molar-refractivity contribution is 5.59. The lowest BCUT2D eigenvalue weighted by Gasteiger charge is -1.97. The molecule has 17 heavy (non-hydrogen) atoms. The SMILES string of the molecule is CNCc1ccc(-c2ccc([N+](=O)[O-])cc2)o1. The first-order valence-electron chi connectivity index (χ1n) is 5.19. The summed E-state index contributed by atoms with van der Waals surface area (Å²) in [6.45, 7) is 0.660. The number of hydrogen-bond acceptors (Lipinski definition) is 4. The average Bonchev–Trinajstić information content (AvgIpc) is 2.78. The van der Waals surface area contributed by atoms with Crippen LogP contribution in [-0.2, 0) is 6.54 Å². The van der Waals surface area contributed by atoms with Crippen LogP contribution in [0.15, 0.2) is 40.8 Å². The first-order valence-corrected chi connectivity index (χ1v) is 5.19. The van der Waals surface area contributed by atoms with E-state index >= 15 is 0 Å². The Kier molecular flexibility index (Phi) is 3.20. The van der Waals surface area contributed by atoms with Crippen LogP contribution in [0.25, 0.3) is 11.3 Å². The summed E-state index contributed by atoms with van der Waals surface area (Å²) in [5, 5.41) is 13.5. The third-order valence-corrected chi connectivity index (χ3v) is 2.38. The van der Waals surface area contributed by atoms with E-state index in [1.54, 1.807) is 12.1 Å². The van der Waals surface area contributed by atoms with Crippen LogP contribution >= 0.6 is 0 Å². The number of benzene rings is 1. The number of furan rings is 1. The fourth-order valence-corrected chi connectivity index (χ4v) is 1.55. The molecule has 0 radical (unpaired) electrons. The smallest absolute Gasteiger partial charge is 0.269 e. The van der Waals surface area contributed by atoms with Gasteiger partial charge in [-0.3, -0.25) is 10.1 Å². The molecule has 1 N–H and O–H groups in total. The Morgan fingerprint density at radius 2 is 1.94 bits per heavy atom. The third kappa shape index (κ3) is 2.51. The van der Waals surface area contributed by atoms with Crippen LogP contribution in [0.5, 0.6) is 0 Å². The zero-order valence-corrected chi connectivity index (χ0v) is 9.34. The standard InChI is InChI=1S/C12H12N2O3/c1-13-8-11-6-7-12(17-11)9-2-4-10(5-3-9)14(15)16/h2-7,13H,8H2,1H3. The Bertz CT molecular complexity index is 517. The van der Waals surface area contributed by atoms with Crippen molar-refractivity contribution in [3.8, 4) is 11.3 Å². The van der Waals surface area contributed by atoms with Gasteiger partial charge in [0.25, 0.3) is 5.69 Å². The Morgan fingerprint density at radius 3 is 2.53 bits per heavy atom. The Labute approximate surface area is 98.2 Å². The molecule has 88 valence electrons. The van der Waals surface area contributed by atoms with Crippen LogP contribution in [-0.4, -0.2) is 12.0 Å². The van der Waals surface area contributed by atoms with Crippen molar-refractivity contribution in [3.63, 3.8) is 0 Å². The molecule has 1 aromatic carbocycles. The third-order valence-electron chi connectivity index (χ3n) is 2.38. The van der Waals surface area contributed by atoms with Crippen LogP contribution in [0.2, 0.25) is 0 Å². The summed E-state index contributed by atoms with van der Waals surface area (Å²) >= 11 is 0. The van der Waals surface area contributed by atoms with E-state index in [0.29, 0.717) is 12.3 Å². The highest BCUT2D eigenvalue weighted by Crippen LogP contribution is 2.24. The second-order valence-corrected chi connectivity index (χ2v) is 3.60. The predicted molar refractivity (Wildman–Crippen MR) is 63.6 cm³/mol.